The normalized spacial score (nSPS) is 16.4. The fraction of sp³-hybridized carbons (Fsp3) is 0.128. The van der Waals surface area contributed by atoms with Crippen molar-refractivity contribution in [3.8, 4) is 28.7 Å². The Balaban J connectivity index is 1.26. The first kappa shape index (κ1) is 23.2. The van der Waals surface area contributed by atoms with E-state index in [1.807, 2.05) is 11.3 Å². The monoisotopic (exact) mass is 541 g/mol. The molecule has 0 amide bonds. The highest BCUT2D eigenvalue weighted by atomic mass is 32.1. The number of rotatable bonds is 2. The Bertz CT molecular complexity index is 2270. The number of nitrogens with zero attached hydrogens (tertiary/aromatic N) is 1. The molecule has 0 bridgehead atoms. The maximum atomic E-state index is 3.59. The van der Waals surface area contributed by atoms with E-state index in [9.17, 15) is 0 Å². The smallest absolute Gasteiger partial charge is 0.0544 e. The Morgan fingerprint density at radius 2 is 1.51 bits per heavy atom. The number of hydrogen-bond acceptors (Lipinski definition) is 1. The van der Waals surface area contributed by atoms with Crippen molar-refractivity contribution in [2.45, 2.75) is 31.6 Å². The Morgan fingerprint density at radius 1 is 0.756 bits per heavy atom. The summed E-state index contributed by atoms with van der Waals surface area (Å²) < 4.78 is 5.23. The van der Waals surface area contributed by atoms with Crippen LogP contribution < -0.4 is 0 Å². The van der Waals surface area contributed by atoms with Crippen molar-refractivity contribution in [3.63, 3.8) is 0 Å². The molecule has 2 aromatic heterocycles. The van der Waals surface area contributed by atoms with Crippen LogP contribution in [0, 0.1) is 11.8 Å². The molecule has 5 aromatic carbocycles. The molecule has 9 rings (SSSR count). The number of hydrogen-bond donors (Lipinski definition) is 0. The summed E-state index contributed by atoms with van der Waals surface area (Å²) in [5.74, 6) is 7.37. The molecule has 0 spiro atoms. The average molecular weight is 542 g/mol. The molecule has 2 aliphatic carbocycles. The molecule has 0 saturated heterocycles. The third kappa shape index (κ3) is 3.13. The Hall–Kier alpha value is -4.58. The summed E-state index contributed by atoms with van der Waals surface area (Å²) in [6.45, 7) is 4.82. The van der Waals surface area contributed by atoms with E-state index >= 15 is 0 Å². The van der Waals surface area contributed by atoms with Crippen molar-refractivity contribution >= 4 is 42.4 Å². The lowest BCUT2D eigenvalue weighted by atomic mass is 9.80. The Morgan fingerprint density at radius 3 is 2.39 bits per heavy atom. The van der Waals surface area contributed by atoms with Gasteiger partial charge in [0.25, 0.3) is 0 Å². The van der Waals surface area contributed by atoms with Crippen LogP contribution in [0.15, 0.2) is 109 Å². The van der Waals surface area contributed by atoms with Crippen LogP contribution in [-0.2, 0) is 11.8 Å². The predicted octanol–water partition coefficient (Wildman–Crippen LogP) is 10.00. The van der Waals surface area contributed by atoms with E-state index in [0.717, 1.165) is 6.42 Å². The van der Waals surface area contributed by atoms with Gasteiger partial charge in [0.2, 0.25) is 0 Å². The summed E-state index contributed by atoms with van der Waals surface area (Å²) in [7, 11) is 0. The summed E-state index contributed by atoms with van der Waals surface area (Å²) in [6.07, 6.45) is 0.906. The minimum Gasteiger partial charge on any atom is -0.312 e. The summed E-state index contributed by atoms with van der Waals surface area (Å²) in [4.78, 5) is 0. The minimum atomic E-state index is -0.112. The van der Waals surface area contributed by atoms with Gasteiger partial charge in [-0.1, -0.05) is 105 Å². The van der Waals surface area contributed by atoms with Crippen LogP contribution in [0.2, 0.25) is 0 Å². The van der Waals surface area contributed by atoms with E-state index in [2.05, 4.69) is 139 Å². The SMILES string of the molecule is CC1(C)c2cc(-n3c4c(c5ccccc53)C#CC(c3ccccc3)C4)ccc2-c2ccc3sc4ccccc4c3c21. The molecule has 1 unspecified atom stereocenters. The zero-order valence-electron chi connectivity index (χ0n) is 23.0. The Kier molecular flexibility index (Phi) is 4.65. The second-order valence-corrected chi connectivity index (χ2v) is 13.0. The second kappa shape index (κ2) is 8.23. The van der Waals surface area contributed by atoms with Crippen LogP contribution in [0.3, 0.4) is 0 Å². The molecule has 41 heavy (non-hydrogen) atoms. The van der Waals surface area contributed by atoms with Crippen molar-refractivity contribution in [1.29, 1.82) is 0 Å². The maximum Gasteiger partial charge on any atom is 0.0544 e. The van der Waals surface area contributed by atoms with Gasteiger partial charge in [-0.3, -0.25) is 0 Å². The van der Waals surface area contributed by atoms with Crippen LogP contribution >= 0.6 is 11.3 Å². The fourth-order valence-electron chi connectivity index (χ4n) is 7.46. The van der Waals surface area contributed by atoms with Gasteiger partial charge in [-0.05, 0) is 58.1 Å². The number of benzene rings is 5. The van der Waals surface area contributed by atoms with Gasteiger partial charge in [-0.2, -0.15) is 0 Å². The summed E-state index contributed by atoms with van der Waals surface area (Å²) in [5.41, 5.74) is 11.7. The second-order valence-electron chi connectivity index (χ2n) is 11.9. The number of fused-ring (bicyclic) bond motifs is 10. The van der Waals surface area contributed by atoms with E-state index in [1.165, 1.54) is 75.8 Å². The first-order valence-electron chi connectivity index (χ1n) is 14.4. The van der Waals surface area contributed by atoms with Crippen molar-refractivity contribution in [2.24, 2.45) is 0 Å². The summed E-state index contributed by atoms with van der Waals surface area (Å²) >= 11 is 1.91. The van der Waals surface area contributed by atoms with Gasteiger partial charge in [0, 0.05) is 48.8 Å². The molecule has 0 radical (unpaired) electrons. The van der Waals surface area contributed by atoms with Crippen molar-refractivity contribution in [1.82, 2.24) is 4.57 Å². The zero-order chi connectivity index (χ0) is 27.3. The molecule has 0 N–H and O–H groups in total. The molecular formula is C39H27NS. The summed E-state index contributed by atoms with van der Waals surface area (Å²) in [5, 5.41) is 4.05. The molecule has 7 aromatic rings. The quantitative estimate of drug-likeness (QED) is 0.192. The van der Waals surface area contributed by atoms with E-state index in [1.54, 1.807) is 0 Å². The number of aromatic nitrogens is 1. The Labute approximate surface area is 243 Å². The highest BCUT2D eigenvalue weighted by molar-refractivity contribution is 7.25. The molecule has 0 aliphatic heterocycles. The van der Waals surface area contributed by atoms with Crippen LogP contribution in [0.25, 0.3) is 47.9 Å². The van der Waals surface area contributed by atoms with Crippen LogP contribution in [-0.4, -0.2) is 4.57 Å². The van der Waals surface area contributed by atoms with E-state index < -0.39 is 0 Å². The molecule has 194 valence electrons. The van der Waals surface area contributed by atoms with E-state index in [4.69, 9.17) is 0 Å². The third-order valence-corrected chi connectivity index (χ3v) is 10.5. The minimum absolute atomic E-state index is 0.112. The lowest BCUT2D eigenvalue weighted by molar-refractivity contribution is 0.665. The number of para-hydroxylation sites is 1. The molecule has 2 heteroatoms. The first-order chi connectivity index (χ1) is 20.1. The van der Waals surface area contributed by atoms with Gasteiger partial charge in [0.1, 0.15) is 0 Å². The van der Waals surface area contributed by atoms with Gasteiger partial charge in [0.15, 0.2) is 0 Å². The lowest BCUT2D eigenvalue weighted by Crippen LogP contribution is -2.16. The highest BCUT2D eigenvalue weighted by Gasteiger charge is 2.38. The van der Waals surface area contributed by atoms with Gasteiger partial charge in [0.05, 0.1) is 17.0 Å². The van der Waals surface area contributed by atoms with Crippen LogP contribution in [0.4, 0.5) is 0 Å². The third-order valence-electron chi connectivity index (χ3n) is 9.34. The number of thiophene rings is 1. The van der Waals surface area contributed by atoms with Crippen molar-refractivity contribution in [2.75, 3.05) is 0 Å². The largest absolute Gasteiger partial charge is 0.312 e. The molecule has 2 heterocycles. The van der Waals surface area contributed by atoms with Crippen molar-refractivity contribution < 1.29 is 0 Å². The topological polar surface area (TPSA) is 4.93 Å². The van der Waals surface area contributed by atoms with Gasteiger partial charge in [-0.25, -0.2) is 0 Å². The van der Waals surface area contributed by atoms with Crippen LogP contribution in [0.1, 0.15) is 47.7 Å². The maximum absolute atomic E-state index is 3.59. The van der Waals surface area contributed by atoms with Crippen LogP contribution in [0.5, 0.6) is 0 Å². The molecular weight excluding hydrogens is 515 g/mol. The molecule has 0 fully saturated rings. The van der Waals surface area contributed by atoms with Gasteiger partial charge in [-0.15, -0.1) is 11.3 Å². The summed E-state index contributed by atoms with van der Waals surface area (Å²) in [6, 6.07) is 40.2. The average Bonchev–Trinajstić information content (AvgIpc) is 3.63. The van der Waals surface area contributed by atoms with Crippen molar-refractivity contribution in [3.05, 3.63) is 137 Å². The zero-order valence-corrected chi connectivity index (χ0v) is 23.8. The standard InChI is InChI=1S/C39H27NS/c1-39(2)32-23-26(17-19-27(32)30-20-21-36-37(38(30)39)31-13-7-9-15-35(31)41-36)40-33-14-8-6-12-28(33)29-18-16-25(22-34(29)40)24-10-4-3-5-11-24/h3-15,17,19-21,23,25H,22H2,1-2H3. The highest BCUT2D eigenvalue weighted by Crippen LogP contribution is 2.54. The molecule has 0 saturated carbocycles. The van der Waals surface area contributed by atoms with Gasteiger partial charge >= 0.3 is 0 Å². The van der Waals surface area contributed by atoms with E-state index in [0.29, 0.717) is 0 Å². The van der Waals surface area contributed by atoms with Gasteiger partial charge < -0.3 is 4.57 Å². The van der Waals surface area contributed by atoms with E-state index in [-0.39, 0.29) is 11.3 Å². The predicted molar refractivity (Wildman–Crippen MR) is 173 cm³/mol. The molecule has 2 aliphatic rings. The first-order valence-corrected chi connectivity index (χ1v) is 15.2. The lowest BCUT2D eigenvalue weighted by Gasteiger charge is -2.24. The molecule has 1 atom stereocenters. The fourth-order valence-corrected chi connectivity index (χ4v) is 8.57. The molecule has 1 nitrogen and oxygen atoms in total.